The standard InChI is InChI=1S/C25H19ClN2O3S2/c26-12-8-6-11(7-9-12)16-17-14-10-15(20(17)32-22-21(16)33-25(31)27-22)19-18(14)23(29)28(24(19)30)13-4-2-1-3-5-13/h1-9,14-20H,10H2,(H,27,31)/t14-,15+,16+,17+,18+,19+,20-/m1/s1. The predicted molar refractivity (Wildman–Crippen MR) is 129 cm³/mol. The van der Waals surface area contributed by atoms with E-state index in [0.717, 1.165) is 21.9 Å². The molecule has 166 valence electrons. The van der Waals surface area contributed by atoms with Crippen LogP contribution in [0.5, 0.6) is 0 Å². The highest BCUT2D eigenvalue weighted by atomic mass is 35.5. The molecule has 3 aromatic rings. The van der Waals surface area contributed by atoms with Crippen LogP contribution >= 0.6 is 34.7 Å². The first kappa shape index (κ1) is 20.1. The number of rotatable bonds is 2. The molecule has 2 aliphatic carbocycles. The molecule has 3 heterocycles. The first-order chi connectivity index (χ1) is 16.0. The number of imide groups is 1. The number of anilines is 1. The number of thiazole rings is 1. The number of nitrogens with one attached hydrogen (secondary N) is 1. The maximum Gasteiger partial charge on any atom is 0.305 e. The first-order valence-corrected chi connectivity index (χ1v) is 13.2. The number of hydrogen-bond donors (Lipinski definition) is 1. The SMILES string of the molecule is O=C1[C@H]2[C@@H]3C[C@@H]([C@@H]2C(=O)N1c1ccccc1)[C@H]1[C@H](c2ccc(Cl)cc2)c2sc(=O)[nH]c2S[C@H]31. The van der Waals surface area contributed by atoms with Gasteiger partial charge in [0.15, 0.2) is 0 Å². The van der Waals surface area contributed by atoms with Gasteiger partial charge in [-0.3, -0.25) is 19.3 Å². The lowest BCUT2D eigenvalue weighted by Crippen LogP contribution is -2.42. The Balaban J connectivity index is 1.34. The van der Waals surface area contributed by atoms with Crippen molar-refractivity contribution in [3.8, 4) is 0 Å². The molecule has 1 aromatic heterocycles. The van der Waals surface area contributed by atoms with E-state index in [1.54, 1.807) is 11.8 Å². The lowest BCUT2D eigenvalue weighted by Gasteiger charge is -2.43. The number of H-pyrrole nitrogens is 1. The molecule has 0 radical (unpaired) electrons. The minimum atomic E-state index is -0.281. The van der Waals surface area contributed by atoms with Crippen LogP contribution in [0.2, 0.25) is 5.02 Å². The maximum absolute atomic E-state index is 13.6. The Morgan fingerprint density at radius 2 is 1.61 bits per heavy atom. The summed E-state index contributed by atoms with van der Waals surface area (Å²) in [6.07, 6.45) is 0.890. The summed E-state index contributed by atoms with van der Waals surface area (Å²) in [4.78, 5) is 44.9. The van der Waals surface area contributed by atoms with Crippen molar-refractivity contribution in [2.45, 2.75) is 22.6 Å². The number of fused-ring (bicyclic) bond motifs is 9. The van der Waals surface area contributed by atoms with Crippen molar-refractivity contribution in [2.24, 2.45) is 29.6 Å². The van der Waals surface area contributed by atoms with Gasteiger partial charge in [0, 0.05) is 21.1 Å². The van der Waals surface area contributed by atoms with Gasteiger partial charge in [0.1, 0.15) is 0 Å². The summed E-state index contributed by atoms with van der Waals surface area (Å²) in [5.74, 6) is -0.192. The van der Waals surface area contributed by atoms with Crippen LogP contribution in [0, 0.1) is 29.6 Å². The summed E-state index contributed by atoms with van der Waals surface area (Å²) >= 11 is 9.15. The van der Waals surface area contributed by atoms with Crippen LogP contribution in [0.3, 0.4) is 0 Å². The molecule has 5 nitrogen and oxygen atoms in total. The Morgan fingerprint density at radius 1 is 0.909 bits per heavy atom. The lowest BCUT2D eigenvalue weighted by atomic mass is 9.68. The molecule has 8 heteroatoms. The maximum atomic E-state index is 13.6. The van der Waals surface area contributed by atoms with E-state index < -0.39 is 0 Å². The third-order valence-corrected chi connectivity index (χ3v) is 10.8. The fourth-order valence-electron chi connectivity index (χ4n) is 6.89. The van der Waals surface area contributed by atoms with Gasteiger partial charge in [-0.15, -0.1) is 11.8 Å². The zero-order chi connectivity index (χ0) is 22.4. The van der Waals surface area contributed by atoms with Gasteiger partial charge < -0.3 is 4.98 Å². The summed E-state index contributed by atoms with van der Waals surface area (Å²) in [5, 5.41) is 1.79. The van der Waals surface area contributed by atoms with E-state index in [2.05, 4.69) is 4.98 Å². The average molecular weight is 495 g/mol. The Labute approximate surface area is 203 Å². The Kier molecular flexibility index (Phi) is 4.30. The molecule has 2 bridgehead atoms. The van der Waals surface area contributed by atoms with Crippen molar-refractivity contribution in [1.82, 2.24) is 4.98 Å². The molecule has 2 amide bonds. The molecule has 2 saturated carbocycles. The van der Waals surface area contributed by atoms with Gasteiger partial charge in [0.05, 0.1) is 22.5 Å². The Morgan fingerprint density at radius 3 is 2.33 bits per heavy atom. The predicted octanol–water partition coefficient (Wildman–Crippen LogP) is 4.77. The minimum Gasteiger partial charge on any atom is -0.307 e. The number of thioether (sulfide) groups is 1. The fourth-order valence-corrected chi connectivity index (χ4v) is 9.91. The van der Waals surface area contributed by atoms with Gasteiger partial charge in [-0.2, -0.15) is 0 Å². The highest BCUT2D eigenvalue weighted by molar-refractivity contribution is 8.00. The Hall–Kier alpha value is -2.35. The number of carbonyl (C=O) groups is 2. The summed E-state index contributed by atoms with van der Waals surface area (Å²) in [7, 11) is 0. The summed E-state index contributed by atoms with van der Waals surface area (Å²) in [6.45, 7) is 0. The van der Waals surface area contributed by atoms with Crippen molar-refractivity contribution >= 4 is 52.2 Å². The van der Waals surface area contributed by atoms with Crippen LogP contribution in [0.15, 0.2) is 64.4 Å². The van der Waals surface area contributed by atoms with Crippen LogP contribution in [0.4, 0.5) is 5.69 Å². The van der Waals surface area contributed by atoms with Gasteiger partial charge >= 0.3 is 4.87 Å². The number of amides is 2. The van der Waals surface area contributed by atoms with Crippen molar-refractivity contribution in [3.05, 3.63) is 79.7 Å². The third-order valence-electron chi connectivity index (χ3n) is 7.97. The quantitative estimate of drug-likeness (QED) is 0.521. The van der Waals surface area contributed by atoms with E-state index in [1.807, 2.05) is 54.6 Å². The van der Waals surface area contributed by atoms with E-state index in [9.17, 15) is 14.4 Å². The van der Waals surface area contributed by atoms with Gasteiger partial charge in [0.2, 0.25) is 11.8 Å². The van der Waals surface area contributed by atoms with Crippen molar-refractivity contribution in [1.29, 1.82) is 0 Å². The molecule has 1 saturated heterocycles. The number of nitrogens with zero attached hydrogens (tertiary/aromatic N) is 1. The first-order valence-electron chi connectivity index (χ1n) is 11.1. The molecule has 4 aliphatic rings. The van der Waals surface area contributed by atoms with E-state index in [-0.39, 0.29) is 57.4 Å². The van der Waals surface area contributed by atoms with Gasteiger partial charge in [-0.25, -0.2) is 0 Å². The molecule has 2 aromatic carbocycles. The molecule has 0 spiro atoms. The molecular formula is C25H19ClN2O3S2. The van der Waals surface area contributed by atoms with Crippen molar-refractivity contribution in [3.63, 3.8) is 0 Å². The molecule has 2 aliphatic heterocycles. The third kappa shape index (κ3) is 2.70. The van der Waals surface area contributed by atoms with E-state index in [0.29, 0.717) is 10.7 Å². The van der Waals surface area contributed by atoms with Crippen LogP contribution in [-0.2, 0) is 9.59 Å². The summed E-state index contributed by atoms with van der Waals surface area (Å²) in [6, 6.07) is 17.1. The smallest absolute Gasteiger partial charge is 0.305 e. The van der Waals surface area contributed by atoms with Crippen molar-refractivity contribution < 1.29 is 9.59 Å². The van der Waals surface area contributed by atoms with Gasteiger partial charge in [-0.05, 0) is 54.0 Å². The van der Waals surface area contributed by atoms with E-state index in [1.165, 1.54) is 16.2 Å². The van der Waals surface area contributed by atoms with E-state index in [4.69, 9.17) is 11.6 Å². The molecular weight excluding hydrogens is 476 g/mol. The molecule has 1 N–H and O–H groups in total. The number of aromatic amines is 1. The zero-order valence-corrected chi connectivity index (χ0v) is 19.7. The number of aromatic nitrogens is 1. The second kappa shape index (κ2) is 7.08. The molecule has 33 heavy (non-hydrogen) atoms. The summed E-state index contributed by atoms with van der Waals surface area (Å²) < 4.78 is 0. The second-order valence-corrected chi connectivity index (χ2v) is 12.0. The van der Waals surface area contributed by atoms with E-state index >= 15 is 0 Å². The lowest BCUT2D eigenvalue weighted by molar-refractivity contribution is -0.123. The molecule has 7 rings (SSSR count). The topological polar surface area (TPSA) is 70.2 Å². The Bertz CT molecular complexity index is 1350. The van der Waals surface area contributed by atoms with Crippen molar-refractivity contribution in [2.75, 3.05) is 4.90 Å². The number of halogens is 1. The highest BCUT2D eigenvalue weighted by Crippen LogP contribution is 2.68. The monoisotopic (exact) mass is 494 g/mol. The number of benzene rings is 2. The average Bonchev–Trinajstić information content (AvgIpc) is 3.54. The van der Waals surface area contributed by atoms with Crippen LogP contribution in [-0.4, -0.2) is 22.0 Å². The van der Waals surface area contributed by atoms with Crippen LogP contribution in [0.25, 0.3) is 0 Å². The highest BCUT2D eigenvalue weighted by Gasteiger charge is 2.69. The normalized spacial score (nSPS) is 33.8. The molecule has 0 unspecified atom stereocenters. The van der Waals surface area contributed by atoms with Crippen LogP contribution < -0.4 is 9.77 Å². The fraction of sp³-hybridized carbons (Fsp3) is 0.320. The number of carbonyl (C=O) groups excluding carboxylic acids is 2. The second-order valence-electron chi connectivity index (χ2n) is 9.36. The van der Waals surface area contributed by atoms with Gasteiger partial charge in [0.25, 0.3) is 0 Å². The molecule has 7 atom stereocenters. The largest absolute Gasteiger partial charge is 0.307 e. The molecule has 3 fully saturated rings. The number of hydrogen-bond acceptors (Lipinski definition) is 5. The minimum absolute atomic E-state index is 0.0251. The zero-order valence-electron chi connectivity index (χ0n) is 17.3. The van der Waals surface area contributed by atoms with Gasteiger partial charge in [-0.1, -0.05) is 53.3 Å². The van der Waals surface area contributed by atoms with Crippen LogP contribution in [0.1, 0.15) is 22.8 Å². The number of para-hydroxylation sites is 1. The summed E-state index contributed by atoms with van der Waals surface area (Å²) in [5.41, 5.74) is 1.78.